The van der Waals surface area contributed by atoms with E-state index in [1.54, 1.807) is 23.9 Å². The molecule has 1 saturated heterocycles. The third kappa shape index (κ3) is 5.20. The third-order valence-electron chi connectivity index (χ3n) is 4.27. The van der Waals surface area contributed by atoms with E-state index in [0.717, 1.165) is 35.0 Å². The van der Waals surface area contributed by atoms with E-state index in [1.807, 2.05) is 7.05 Å². The first-order valence-electron chi connectivity index (χ1n) is 9.02. The van der Waals surface area contributed by atoms with E-state index in [2.05, 4.69) is 39.5 Å². The first kappa shape index (κ1) is 20.7. The first-order valence-corrected chi connectivity index (χ1v) is 10.0. The molecule has 7 heteroatoms. The summed E-state index contributed by atoms with van der Waals surface area (Å²) in [5.41, 5.74) is 1.68. The van der Waals surface area contributed by atoms with Gasteiger partial charge in [0.25, 0.3) is 5.69 Å². The van der Waals surface area contributed by atoms with Crippen LogP contribution in [0.5, 0.6) is 0 Å². The topological polar surface area (TPSA) is 68.0 Å². The molecule has 2 atom stereocenters. The van der Waals surface area contributed by atoms with Crippen molar-refractivity contribution in [3.05, 3.63) is 33.9 Å². The maximum Gasteiger partial charge on any atom is 0.269 e. The lowest BCUT2D eigenvalue weighted by Crippen LogP contribution is -2.42. The summed E-state index contributed by atoms with van der Waals surface area (Å²) in [4.78, 5) is 17.7. The van der Waals surface area contributed by atoms with Crippen molar-refractivity contribution in [1.29, 1.82) is 0 Å². The molecule has 0 aliphatic carbocycles. The Bertz CT molecular complexity index is 685. The lowest BCUT2D eigenvalue weighted by atomic mass is 10.1. The number of amidine groups is 1. The quantitative estimate of drug-likeness (QED) is 0.525. The number of nitro groups is 1. The Morgan fingerprint density at radius 1 is 1.46 bits per heavy atom. The highest BCUT2D eigenvalue weighted by Crippen LogP contribution is 2.32. The van der Waals surface area contributed by atoms with E-state index in [1.165, 1.54) is 6.07 Å². The third-order valence-corrected chi connectivity index (χ3v) is 5.42. The van der Waals surface area contributed by atoms with Gasteiger partial charge < -0.3 is 9.64 Å². The number of benzene rings is 1. The van der Waals surface area contributed by atoms with Crippen LogP contribution in [0, 0.1) is 10.1 Å². The van der Waals surface area contributed by atoms with E-state index < -0.39 is 0 Å². The average molecular weight is 380 g/mol. The smallest absolute Gasteiger partial charge is 0.269 e. The van der Waals surface area contributed by atoms with Crippen molar-refractivity contribution in [2.24, 2.45) is 4.99 Å². The molecule has 1 aromatic rings. The Labute approximate surface area is 160 Å². The standard InChI is InChI=1S/C19H29N3O3S/c1-7-8-14-11-15(22(23)24)9-10-16(14)20-18-21(6)17(12-26-18)13(2)25-19(3,4)5/h9-11,13,17H,7-8,12H2,1-6H3/t13-,17-/m1/s1. The summed E-state index contributed by atoms with van der Waals surface area (Å²) < 4.78 is 6.11. The fraction of sp³-hybridized carbons (Fsp3) is 0.632. The number of nitrogens with zero attached hydrogens (tertiary/aromatic N) is 3. The van der Waals surface area contributed by atoms with E-state index in [4.69, 9.17) is 9.73 Å². The van der Waals surface area contributed by atoms with Gasteiger partial charge in [-0.1, -0.05) is 25.1 Å². The van der Waals surface area contributed by atoms with Gasteiger partial charge >= 0.3 is 0 Å². The minimum absolute atomic E-state index is 0.0900. The maximum atomic E-state index is 11.0. The lowest BCUT2D eigenvalue weighted by molar-refractivity contribution is -0.384. The number of ether oxygens (including phenoxy) is 1. The second-order valence-corrected chi connectivity index (χ2v) is 8.63. The van der Waals surface area contributed by atoms with Crippen molar-refractivity contribution >= 4 is 28.3 Å². The first-order chi connectivity index (χ1) is 12.1. The van der Waals surface area contributed by atoms with Crippen LogP contribution in [0.4, 0.5) is 11.4 Å². The Hall–Kier alpha value is -1.60. The molecule has 2 rings (SSSR count). The Kier molecular flexibility index (Phi) is 6.69. The van der Waals surface area contributed by atoms with Gasteiger partial charge in [-0.05, 0) is 45.7 Å². The van der Waals surface area contributed by atoms with Crippen LogP contribution in [0.2, 0.25) is 0 Å². The van der Waals surface area contributed by atoms with Gasteiger partial charge in [0.1, 0.15) is 0 Å². The van der Waals surface area contributed by atoms with Gasteiger partial charge in [0.05, 0.1) is 28.4 Å². The molecule has 0 radical (unpaired) electrons. The Morgan fingerprint density at radius 3 is 2.73 bits per heavy atom. The molecule has 26 heavy (non-hydrogen) atoms. The minimum Gasteiger partial charge on any atom is -0.371 e. The number of likely N-dealkylation sites (N-methyl/N-ethyl adjacent to an activating group) is 1. The molecule has 6 nitrogen and oxygen atoms in total. The van der Waals surface area contributed by atoms with Crippen molar-refractivity contribution < 1.29 is 9.66 Å². The second kappa shape index (κ2) is 8.39. The van der Waals surface area contributed by atoms with E-state index in [0.29, 0.717) is 0 Å². The van der Waals surface area contributed by atoms with Crippen molar-refractivity contribution in [1.82, 2.24) is 4.90 Å². The molecule has 1 heterocycles. The van der Waals surface area contributed by atoms with Gasteiger partial charge in [-0.3, -0.25) is 10.1 Å². The normalized spacial score (nSPS) is 20.6. The molecule has 1 aliphatic rings. The van der Waals surface area contributed by atoms with Gasteiger partial charge in [0.15, 0.2) is 5.17 Å². The molecule has 144 valence electrons. The fourth-order valence-electron chi connectivity index (χ4n) is 3.08. The van der Waals surface area contributed by atoms with Crippen LogP contribution in [0.3, 0.4) is 0 Å². The van der Waals surface area contributed by atoms with Crippen LogP contribution in [0.1, 0.15) is 46.6 Å². The van der Waals surface area contributed by atoms with Crippen LogP contribution >= 0.6 is 11.8 Å². The summed E-state index contributed by atoms with van der Waals surface area (Å²) in [6.45, 7) is 10.4. The average Bonchev–Trinajstić information content (AvgIpc) is 2.88. The highest BCUT2D eigenvalue weighted by atomic mass is 32.2. The number of aryl methyl sites for hydroxylation is 1. The molecule has 1 fully saturated rings. The largest absolute Gasteiger partial charge is 0.371 e. The fourth-order valence-corrected chi connectivity index (χ4v) is 4.40. The van der Waals surface area contributed by atoms with Gasteiger partial charge in [0.2, 0.25) is 0 Å². The molecular weight excluding hydrogens is 350 g/mol. The lowest BCUT2D eigenvalue weighted by Gasteiger charge is -2.32. The number of hydrogen-bond acceptors (Lipinski definition) is 5. The highest BCUT2D eigenvalue weighted by molar-refractivity contribution is 8.14. The van der Waals surface area contributed by atoms with Crippen LogP contribution in [0.25, 0.3) is 0 Å². The molecule has 0 bridgehead atoms. The van der Waals surface area contributed by atoms with Crippen molar-refractivity contribution in [2.75, 3.05) is 12.8 Å². The summed E-state index contributed by atoms with van der Waals surface area (Å²) in [5.74, 6) is 0.919. The Morgan fingerprint density at radius 2 is 2.15 bits per heavy atom. The van der Waals surface area contributed by atoms with E-state index in [9.17, 15) is 10.1 Å². The zero-order valence-electron chi connectivity index (χ0n) is 16.5. The molecule has 0 N–H and O–H groups in total. The summed E-state index contributed by atoms with van der Waals surface area (Å²) in [6, 6.07) is 5.19. The Balaban J connectivity index is 2.23. The number of nitro benzene ring substituents is 1. The molecule has 0 unspecified atom stereocenters. The molecule has 0 saturated carbocycles. The van der Waals surface area contributed by atoms with Gasteiger partial charge in [-0.2, -0.15) is 0 Å². The monoisotopic (exact) mass is 379 g/mol. The van der Waals surface area contributed by atoms with Crippen molar-refractivity contribution in [3.8, 4) is 0 Å². The van der Waals surface area contributed by atoms with Crippen LogP contribution in [-0.2, 0) is 11.2 Å². The number of rotatable bonds is 6. The van der Waals surface area contributed by atoms with Crippen LogP contribution in [0.15, 0.2) is 23.2 Å². The zero-order valence-corrected chi connectivity index (χ0v) is 17.3. The predicted molar refractivity (Wildman–Crippen MR) is 108 cm³/mol. The number of thioether (sulfide) groups is 1. The van der Waals surface area contributed by atoms with Gasteiger partial charge in [0, 0.05) is 24.9 Å². The molecule has 0 amide bonds. The maximum absolute atomic E-state index is 11.0. The minimum atomic E-state index is -0.353. The van der Waals surface area contributed by atoms with Crippen LogP contribution in [-0.4, -0.2) is 45.5 Å². The van der Waals surface area contributed by atoms with Crippen molar-refractivity contribution in [3.63, 3.8) is 0 Å². The van der Waals surface area contributed by atoms with E-state index >= 15 is 0 Å². The predicted octanol–water partition coefficient (Wildman–Crippen LogP) is 4.79. The molecule has 1 aromatic carbocycles. The van der Waals surface area contributed by atoms with E-state index in [-0.39, 0.29) is 28.4 Å². The summed E-state index contributed by atoms with van der Waals surface area (Å²) in [7, 11) is 2.04. The molecule has 0 aromatic heterocycles. The summed E-state index contributed by atoms with van der Waals surface area (Å²) >= 11 is 1.71. The zero-order chi connectivity index (χ0) is 19.5. The molecule has 0 spiro atoms. The number of hydrogen-bond donors (Lipinski definition) is 0. The second-order valence-electron chi connectivity index (χ2n) is 7.64. The summed E-state index contributed by atoms with van der Waals surface area (Å²) in [5, 5.41) is 12.0. The number of non-ortho nitro benzene ring substituents is 1. The van der Waals surface area contributed by atoms with Gasteiger partial charge in [-0.25, -0.2) is 4.99 Å². The van der Waals surface area contributed by atoms with Crippen LogP contribution < -0.4 is 0 Å². The van der Waals surface area contributed by atoms with Crippen molar-refractivity contribution in [2.45, 2.75) is 65.2 Å². The van der Waals surface area contributed by atoms with Gasteiger partial charge in [-0.15, -0.1) is 0 Å². The molecule has 1 aliphatic heterocycles. The SMILES string of the molecule is CCCc1cc([N+](=O)[O-])ccc1N=C1SC[C@H]([C@@H](C)OC(C)(C)C)N1C. The molecular formula is C19H29N3O3S. The summed E-state index contributed by atoms with van der Waals surface area (Å²) in [6.07, 6.45) is 1.78. The number of aliphatic imine (C=N–C) groups is 1. The highest BCUT2D eigenvalue weighted by Gasteiger charge is 2.34.